The zero-order valence-corrected chi connectivity index (χ0v) is 25.3. The molecular weight excluding hydrogens is 534 g/mol. The number of hydrogen-bond donors (Lipinski definition) is 3. The SMILES string of the molecule is C=C(c1ccc(O)cc1)N(CCCc1ccccc1)CCC(c1ccccc1)c1ccccc1.OC(CS)=C1CCC1. The number of nitrogens with zero attached hydrogens (tertiary/aromatic N) is 1. The third-order valence-electron chi connectivity index (χ3n) is 7.93. The average molecular weight is 578 g/mol. The molecule has 42 heavy (non-hydrogen) atoms. The third kappa shape index (κ3) is 9.32. The van der Waals surface area contributed by atoms with Crippen molar-refractivity contribution in [3.63, 3.8) is 0 Å². The molecule has 5 rings (SSSR count). The molecule has 4 aromatic carbocycles. The van der Waals surface area contributed by atoms with Gasteiger partial charge in [0.05, 0.1) is 0 Å². The maximum Gasteiger partial charge on any atom is 0.115 e. The van der Waals surface area contributed by atoms with E-state index in [1.807, 2.05) is 12.1 Å². The van der Waals surface area contributed by atoms with E-state index in [9.17, 15) is 5.11 Å². The second-order valence-corrected chi connectivity index (χ2v) is 11.1. The molecule has 0 amide bonds. The predicted octanol–water partition coefficient (Wildman–Crippen LogP) is 9.43. The molecule has 0 saturated heterocycles. The highest BCUT2D eigenvalue weighted by Crippen LogP contribution is 2.30. The molecule has 1 aliphatic rings. The van der Waals surface area contributed by atoms with Crippen LogP contribution in [0.4, 0.5) is 0 Å². The van der Waals surface area contributed by atoms with Crippen LogP contribution in [0.25, 0.3) is 5.70 Å². The highest BCUT2D eigenvalue weighted by Gasteiger charge is 2.17. The van der Waals surface area contributed by atoms with Crippen molar-refractivity contribution in [1.82, 2.24) is 4.90 Å². The van der Waals surface area contributed by atoms with Gasteiger partial charge in [0.25, 0.3) is 0 Å². The minimum atomic E-state index is 0.278. The number of allylic oxidation sites excluding steroid dienone is 1. The smallest absolute Gasteiger partial charge is 0.115 e. The van der Waals surface area contributed by atoms with Crippen molar-refractivity contribution >= 4 is 18.3 Å². The molecule has 1 saturated carbocycles. The predicted molar refractivity (Wildman–Crippen MR) is 180 cm³/mol. The third-order valence-corrected chi connectivity index (χ3v) is 8.22. The van der Waals surface area contributed by atoms with Gasteiger partial charge in [0.15, 0.2) is 0 Å². The highest BCUT2D eigenvalue weighted by molar-refractivity contribution is 7.80. The van der Waals surface area contributed by atoms with Gasteiger partial charge in [-0.3, -0.25) is 0 Å². The number of rotatable bonds is 12. The summed E-state index contributed by atoms with van der Waals surface area (Å²) < 4.78 is 0. The molecule has 0 spiro atoms. The monoisotopic (exact) mass is 577 g/mol. The zero-order chi connectivity index (χ0) is 29.6. The lowest BCUT2D eigenvalue weighted by Crippen LogP contribution is -2.26. The van der Waals surface area contributed by atoms with Crippen molar-refractivity contribution in [3.05, 3.63) is 155 Å². The van der Waals surface area contributed by atoms with Gasteiger partial charge in [-0.2, -0.15) is 12.6 Å². The lowest BCUT2D eigenvalue weighted by atomic mass is 9.88. The van der Waals surface area contributed by atoms with Gasteiger partial charge in [-0.1, -0.05) is 97.6 Å². The van der Waals surface area contributed by atoms with Gasteiger partial charge < -0.3 is 15.1 Å². The van der Waals surface area contributed by atoms with Gasteiger partial charge in [-0.25, -0.2) is 0 Å². The van der Waals surface area contributed by atoms with Crippen LogP contribution in [0.2, 0.25) is 0 Å². The Kier molecular flexibility index (Phi) is 12.2. The fourth-order valence-corrected chi connectivity index (χ4v) is 5.50. The Labute approximate surface area is 257 Å². The summed E-state index contributed by atoms with van der Waals surface area (Å²) in [7, 11) is 0. The van der Waals surface area contributed by atoms with Crippen LogP contribution in [-0.4, -0.2) is 34.0 Å². The van der Waals surface area contributed by atoms with Crippen LogP contribution >= 0.6 is 12.6 Å². The Balaban J connectivity index is 0.000000437. The van der Waals surface area contributed by atoms with E-state index in [1.165, 1.54) is 28.7 Å². The van der Waals surface area contributed by atoms with Gasteiger partial charge in [0.1, 0.15) is 11.5 Å². The lowest BCUT2D eigenvalue weighted by molar-refractivity contribution is 0.375. The standard InChI is InChI=1S/C32H33NO.C6H10OS/c1-26(28-19-21-31(34)22-20-28)33(24-11-14-27-12-5-2-6-13-27)25-23-32(29-15-7-3-8-16-29)30-17-9-4-10-18-30;7-6(4-8)5-2-1-3-5/h2-10,12-13,15-22,32,34H,1,11,14,23-25H2;7-8H,1-4H2. The second-order valence-electron chi connectivity index (χ2n) is 10.8. The quantitative estimate of drug-likeness (QED) is 0.116. The summed E-state index contributed by atoms with van der Waals surface area (Å²) in [6, 6.07) is 39.6. The molecule has 0 unspecified atom stereocenters. The van der Waals surface area contributed by atoms with Crippen molar-refractivity contribution in [1.29, 1.82) is 0 Å². The molecule has 4 aromatic rings. The van der Waals surface area contributed by atoms with E-state index in [0.717, 1.165) is 56.5 Å². The normalized spacial score (nSPS) is 12.2. The van der Waals surface area contributed by atoms with Crippen molar-refractivity contribution < 1.29 is 10.2 Å². The number of hydrogen-bond acceptors (Lipinski definition) is 4. The highest BCUT2D eigenvalue weighted by atomic mass is 32.1. The first-order valence-electron chi connectivity index (χ1n) is 14.9. The molecule has 1 aliphatic carbocycles. The lowest BCUT2D eigenvalue weighted by Gasteiger charge is -2.29. The number of aromatic hydroxyl groups is 1. The van der Waals surface area contributed by atoms with Crippen molar-refractivity contribution in [2.45, 2.75) is 44.4 Å². The molecule has 1 fully saturated rings. The van der Waals surface area contributed by atoms with E-state index < -0.39 is 0 Å². The fourth-order valence-electron chi connectivity index (χ4n) is 5.27. The van der Waals surface area contributed by atoms with Gasteiger partial charge in [0, 0.05) is 30.5 Å². The Morgan fingerprint density at radius 3 is 1.79 bits per heavy atom. The van der Waals surface area contributed by atoms with E-state index in [-0.39, 0.29) is 5.75 Å². The van der Waals surface area contributed by atoms with Crippen LogP contribution in [0.1, 0.15) is 60.3 Å². The first-order valence-corrected chi connectivity index (χ1v) is 15.6. The topological polar surface area (TPSA) is 43.7 Å². The van der Waals surface area contributed by atoms with E-state index in [2.05, 4.69) is 115 Å². The number of aryl methyl sites for hydroxylation is 1. The summed E-state index contributed by atoms with van der Waals surface area (Å²) in [5, 5.41) is 18.7. The summed E-state index contributed by atoms with van der Waals surface area (Å²) in [5.41, 5.74) is 7.31. The van der Waals surface area contributed by atoms with Crippen LogP contribution in [-0.2, 0) is 6.42 Å². The first kappa shape index (κ1) is 31.1. The van der Waals surface area contributed by atoms with Gasteiger partial charge in [-0.15, -0.1) is 0 Å². The number of aliphatic hydroxyl groups excluding tert-OH is 1. The zero-order valence-electron chi connectivity index (χ0n) is 24.4. The number of phenolic OH excluding ortho intramolecular Hbond substituents is 1. The van der Waals surface area contributed by atoms with E-state index >= 15 is 0 Å². The average Bonchev–Trinajstić information content (AvgIpc) is 3.01. The molecule has 4 heteroatoms. The molecule has 0 aliphatic heterocycles. The molecule has 0 atom stereocenters. The Bertz CT molecular complexity index is 1330. The maximum absolute atomic E-state index is 9.73. The van der Waals surface area contributed by atoms with Crippen LogP contribution < -0.4 is 0 Å². The Morgan fingerprint density at radius 1 is 0.762 bits per heavy atom. The fraction of sp³-hybridized carbons (Fsp3) is 0.263. The Hall–Kier alpha value is -3.89. The minimum absolute atomic E-state index is 0.278. The second kappa shape index (κ2) is 16.5. The minimum Gasteiger partial charge on any atom is -0.512 e. The van der Waals surface area contributed by atoms with Crippen molar-refractivity contribution in [2.24, 2.45) is 0 Å². The van der Waals surface area contributed by atoms with E-state index in [1.54, 1.807) is 12.1 Å². The largest absolute Gasteiger partial charge is 0.512 e. The van der Waals surface area contributed by atoms with Crippen molar-refractivity contribution in [3.8, 4) is 5.75 Å². The molecule has 0 bridgehead atoms. The molecule has 0 heterocycles. The number of thiol groups is 1. The van der Waals surface area contributed by atoms with Gasteiger partial charge >= 0.3 is 0 Å². The van der Waals surface area contributed by atoms with Gasteiger partial charge in [0.2, 0.25) is 0 Å². The van der Waals surface area contributed by atoms with Crippen LogP contribution in [0.5, 0.6) is 5.75 Å². The number of benzene rings is 4. The molecule has 0 radical (unpaired) electrons. The van der Waals surface area contributed by atoms with Crippen molar-refractivity contribution in [2.75, 3.05) is 18.8 Å². The summed E-state index contributed by atoms with van der Waals surface area (Å²) in [6.45, 7) is 6.29. The molecule has 3 nitrogen and oxygen atoms in total. The molecule has 218 valence electrons. The maximum atomic E-state index is 9.73. The summed E-state index contributed by atoms with van der Waals surface area (Å²) >= 11 is 3.93. The number of aliphatic hydroxyl groups is 1. The molecule has 2 N–H and O–H groups in total. The summed E-state index contributed by atoms with van der Waals surface area (Å²) in [6.07, 6.45) is 6.52. The van der Waals surface area contributed by atoms with Crippen LogP contribution in [0.3, 0.4) is 0 Å². The van der Waals surface area contributed by atoms with Gasteiger partial charge in [-0.05, 0) is 90.6 Å². The van der Waals surface area contributed by atoms with E-state index in [0.29, 0.717) is 17.4 Å². The van der Waals surface area contributed by atoms with E-state index in [4.69, 9.17) is 5.11 Å². The molecular formula is C38H43NO2S. The summed E-state index contributed by atoms with van der Waals surface area (Å²) in [4.78, 5) is 2.41. The summed E-state index contributed by atoms with van der Waals surface area (Å²) in [5.74, 6) is 1.61. The van der Waals surface area contributed by atoms with Crippen LogP contribution in [0.15, 0.2) is 133 Å². The molecule has 0 aromatic heterocycles. The number of phenols is 1. The van der Waals surface area contributed by atoms with Crippen LogP contribution in [0, 0.1) is 0 Å². The first-order chi connectivity index (χ1) is 20.5. The Morgan fingerprint density at radius 2 is 1.31 bits per heavy atom.